The zero-order chi connectivity index (χ0) is 11.6. The second-order valence-corrected chi connectivity index (χ2v) is 3.61. The van der Waals surface area contributed by atoms with Gasteiger partial charge in [0.2, 0.25) is 0 Å². The summed E-state index contributed by atoms with van der Waals surface area (Å²) in [4.78, 5) is 3.57. The summed E-state index contributed by atoms with van der Waals surface area (Å²) in [7, 11) is 0. The first-order valence-electron chi connectivity index (χ1n) is 4.20. The normalized spacial score (nSPS) is 14.0. The Labute approximate surface area is 89.7 Å². The highest BCUT2D eigenvalue weighted by Gasteiger charge is 2.31. The van der Waals surface area contributed by atoms with Crippen LogP contribution in [0.15, 0.2) is 12.3 Å². The van der Waals surface area contributed by atoms with E-state index in [0.717, 1.165) is 6.07 Å². The van der Waals surface area contributed by atoms with Gasteiger partial charge in [-0.25, -0.2) is 0 Å². The lowest BCUT2D eigenvalue weighted by Crippen LogP contribution is -2.10. The van der Waals surface area contributed by atoms with Gasteiger partial charge >= 0.3 is 6.18 Å². The van der Waals surface area contributed by atoms with Crippen LogP contribution >= 0.6 is 11.6 Å². The molecule has 1 unspecified atom stereocenters. The highest BCUT2D eigenvalue weighted by molar-refractivity contribution is 6.31. The summed E-state index contributed by atoms with van der Waals surface area (Å²) in [6.07, 6.45) is -4.28. The molecule has 0 fully saturated rings. The Kier molecular flexibility index (Phi) is 3.57. The maximum absolute atomic E-state index is 12.2. The molecule has 0 bridgehead atoms. The molecular formula is C9H9ClF3NO. The molecule has 1 N–H and O–H groups in total. The van der Waals surface area contributed by atoms with E-state index >= 15 is 0 Å². The van der Waals surface area contributed by atoms with Crippen molar-refractivity contribution in [3.05, 3.63) is 28.5 Å². The van der Waals surface area contributed by atoms with E-state index in [-0.39, 0.29) is 17.1 Å². The SMILES string of the molecule is CC(O)Cc1ncc(C(F)(F)F)cc1Cl. The third kappa shape index (κ3) is 3.35. The van der Waals surface area contributed by atoms with Gasteiger partial charge in [-0.2, -0.15) is 13.2 Å². The molecule has 0 aliphatic rings. The topological polar surface area (TPSA) is 33.1 Å². The van der Waals surface area contributed by atoms with Gasteiger partial charge < -0.3 is 5.11 Å². The molecular weight excluding hydrogens is 231 g/mol. The molecule has 2 nitrogen and oxygen atoms in total. The summed E-state index contributed by atoms with van der Waals surface area (Å²) < 4.78 is 36.6. The van der Waals surface area contributed by atoms with E-state index in [4.69, 9.17) is 16.7 Å². The largest absolute Gasteiger partial charge is 0.417 e. The summed E-state index contributed by atoms with van der Waals surface area (Å²) in [5.74, 6) is 0. The molecule has 0 aromatic carbocycles. The average molecular weight is 240 g/mol. The molecule has 1 rings (SSSR count). The molecule has 0 aliphatic heterocycles. The van der Waals surface area contributed by atoms with E-state index in [2.05, 4.69) is 4.98 Å². The zero-order valence-electron chi connectivity index (χ0n) is 7.85. The lowest BCUT2D eigenvalue weighted by atomic mass is 10.1. The number of alkyl halides is 3. The second-order valence-electron chi connectivity index (χ2n) is 3.20. The van der Waals surface area contributed by atoms with Crippen LogP contribution in [0, 0.1) is 0 Å². The van der Waals surface area contributed by atoms with Gasteiger partial charge in [0, 0.05) is 12.6 Å². The maximum Gasteiger partial charge on any atom is 0.417 e. The Morgan fingerprint density at radius 3 is 2.53 bits per heavy atom. The van der Waals surface area contributed by atoms with Crippen molar-refractivity contribution in [3.63, 3.8) is 0 Å². The summed E-state index contributed by atoms with van der Waals surface area (Å²) in [6, 6.07) is 0.812. The lowest BCUT2D eigenvalue weighted by Gasteiger charge is -2.09. The Bertz CT molecular complexity index is 352. The average Bonchev–Trinajstić information content (AvgIpc) is 2.05. The predicted octanol–water partition coefficient (Wildman–Crippen LogP) is 2.68. The third-order valence-electron chi connectivity index (χ3n) is 1.73. The van der Waals surface area contributed by atoms with Crippen LogP contribution in [0.3, 0.4) is 0 Å². The van der Waals surface area contributed by atoms with Crippen molar-refractivity contribution in [3.8, 4) is 0 Å². The van der Waals surface area contributed by atoms with Gasteiger partial charge in [0.05, 0.1) is 22.4 Å². The van der Waals surface area contributed by atoms with Crippen molar-refractivity contribution in [1.82, 2.24) is 4.98 Å². The molecule has 1 atom stereocenters. The molecule has 1 heterocycles. The van der Waals surface area contributed by atoms with Gasteiger partial charge in [0.1, 0.15) is 0 Å². The van der Waals surface area contributed by atoms with Crippen LogP contribution in [0.1, 0.15) is 18.2 Å². The molecule has 0 amide bonds. The van der Waals surface area contributed by atoms with Crippen molar-refractivity contribution in [1.29, 1.82) is 0 Å². The zero-order valence-corrected chi connectivity index (χ0v) is 8.60. The van der Waals surface area contributed by atoms with E-state index in [1.54, 1.807) is 0 Å². The smallest absolute Gasteiger partial charge is 0.393 e. The number of nitrogens with zero attached hydrogens (tertiary/aromatic N) is 1. The van der Waals surface area contributed by atoms with Crippen molar-refractivity contribution in [2.24, 2.45) is 0 Å². The first kappa shape index (κ1) is 12.3. The molecule has 15 heavy (non-hydrogen) atoms. The molecule has 0 saturated heterocycles. The standard InChI is InChI=1S/C9H9ClF3NO/c1-5(15)2-8-7(10)3-6(4-14-8)9(11,12)13/h3-5,15H,2H2,1H3. The summed E-state index contributed by atoms with van der Waals surface area (Å²) in [6.45, 7) is 1.51. The Balaban J connectivity index is 2.98. The highest BCUT2D eigenvalue weighted by Crippen LogP contribution is 2.31. The number of aliphatic hydroxyl groups excluding tert-OH is 1. The minimum Gasteiger partial charge on any atom is -0.393 e. The van der Waals surface area contributed by atoms with Crippen LogP contribution < -0.4 is 0 Å². The highest BCUT2D eigenvalue weighted by atomic mass is 35.5. The Hall–Kier alpha value is -0.810. The molecule has 6 heteroatoms. The van der Waals surface area contributed by atoms with Crippen LogP contribution in [0.5, 0.6) is 0 Å². The number of pyridine rings is 1. The first-order chi connectivity index (χ1) is 6.80. The molecule has 0 aliphatic carbocycles. The van der Waals surface area contributed by atoms with Crippen LogP contribution in [0.2, 0.25) is 5.02 Å². The van der Waals surface area contributed by atoms with Gasteiger partial charge in [0.25, 0.3) is 0 Å². The van der Waals surface area contributed by atoms with Crippen LogP contribution in [0.4, 0.5) is 13.2 Å². The number of hydrogen-bond donors (Lipinski definition) is 1. The fourth-order valence-corrected chi connectivity index (χ4v) is 1.29. The Morgan fingerprint density at radius 1 is 1.53 bits per heavy atom. The molecule has 1 aromatic rings. The van der Waals surface area contributed by atoms with Crippen molar-refractivity contribution in [2.45, 2.75) is 25.6 Å². The summed E-state index contributed by atoms with van der Waals surface area (Å²) in [5.41, 5.74) is -0.624. The van der Waals surface area contributed by atoms with Crippen LogP contribution in [0.25, 0.3) is 0 Å². The minimum atomic E-state index is -4.44. The predicted molar refractivity (Wildman–Crippen MR) is 49.6 cm³/mol. The quantitative estimate of drug-likeness (QED) is 0.861. The monoisotopic (exact) mass is 239 g/mol. The molecule has 1 aromatic heterocycles. The minimum absolute atomic E-state index is 0.0780. The van der Waals surface area contributed by atoms with Crippen molar-refractivity contribution >= 4 is 11.6 Å². The van der Waals surface area contributed by atoms with E-state index < -0.39 is 17.8 Å². The van der Waals surface area contributed by atoms with Crippen molar-refractivity contribution in [2.75, 3.05) is 0 Å². The Morgan fingerprint density at radius 2 is 2.13 bits per heavy atom. The summed E-state index contributed by atoms with van der Waals surface area (Å²) >= 11 is 5.61. The molecule has 84 valence electrons. The first-order valence-corrected chi connectivity index (χ1v) is 4.58. The van der Waals surface area contributed by atoms with Gasteiger partial charge in [0.15, 0.2) is 0 Å². The number of rotatable bonds is 2. The molecule has 0 spiro atoms. The summed E-state index contributed by atoms with van der Waals surface area (Å²) in [5, 5.41) is 8.96. The van der Waals surface area contributed by atoms with Gasteiger partial charge in [-0.3, -0.25) is 4.98 Å². The number of halogens is 4. The van der Waals surface area contributed by atoms with Gasteiger partial charge in [-0.1, -0.05) is 11.6 Å². The number of aliphatic hydroxyl groups is 1. The number of aromatic nitrogens is 1. The van der Waals surface area contributed by atoms with Crippen LogP contribution in [-0.2, 0) is 12.6 Å². The maximum atomic E-state index is 12.2. The number of hydrogen-bond acceptors (Lipinski definition) is 2. The lowest BCUT2D eigenvalue weighted by molar-refractivity contribution is -0.137. The van der Waals surface area contributed by atoms with E-state index in [1.807, 2.05) is 0 Å². The van der Waals surface area contributed by atoms with E-state index in [9.17, 15) is 13.2 Å². The van der Waals surface area contributed by atoms with E-state index in [0.29, 0.717) is 6.20 Å². The fraction of sp³-hybridized carbons (Fsp3) is 0.444. The van der Waals surface area contributed by atoms with Gasteiger partial charge in [-0.15, -0.1) is 0 Å². The van der Waals surface area contributed by atoms with Crippen molar-refractivity contribution < 1.29 is 18.3 Å². The van der Waals surface area contributed by atoms with Crippen LogP contribution in [-0.4, -0.2) is 16.2 Å². The second kappa shape index (κ2) is 4.37. The fourth-order valence-electron chi connectivity index (χ4n) is 1.05. The molecule has 0 saturated carbocycles. The van der Waals surface area contributed by atoms with Gasteiger partial charge in [-0.05, 0) is 13.0 Å². The van der Waals surface area contributed by atoms with E-state index in [1.165, 1.54) is 6.92 Å². The molecule has 0 radical (unpaired) electrons. The third-order valence-corrected chi connectivity index (χ3v) is 2.06.